The molecule has 3 aliphatic heterocycles. The van der Waals surface area contributed by atoms with Crippen molar-refractivity contribution in [2.45, 2.75) is 18.9 Å². The molecule has 6 heteroatoms. The summed E-state index contributed by atoms with van der Waals surface area (Å²) in [7, 11) is 3.85. The number of furan rings is 1. The van der Waals surface area contributed by atoms with Gasteiger partial charge in [0.1, 0.15) is 11.3 Å². The molecule has 5 rings (SSSR count). The van der Waals surface area contributed by atoms with E-state index in [1.807, 2.05) is 25.1 Å². The molecule has 6 nitrogen and oxygen atoms in total. The topological polar surface area (TPSA) is 61.6 Å². The van der Waals surface area contributed by atoms with E-state index in [1.54, 1.807) is 12.3 Å². The number of carbonyl (C=O) groups is 1. The molecule has 0 saturated carbocycles. The molecule has 0 unspecified atom stereocenters. The van der Waals surface area contributed by atoms with Crippen molar-refractivity contribution in [2.75, 3.05) is 38.6 Å². The summed E-state index contributed by atoms with van der Waals surface area (Å²) < 4.78 is 5.76. The third-order valence-electron chi connectivity index (χ3n) is 5.03. The molecule has 2 aromatic rings. The zero-order chi connectivity index (χ0) is 16.0. The molecule has 2 aromatic heterocycles. The van der Waals surface area contributed by atoms with Crippen molar-refractivity contribution >= 4 is 22.8 Å². The minimum absolute atomic E-state index is 0.103. The van der Waals surface area contributed by atoms with E-state index in [-0.39, 0.29) is 11.9 Å². The van der Waals surface area contributed by atoms with E-state index in [0.29, 0.717) is 17.2 Å². The number of hydrogen-bond donors (Lipinski definition) is 1. The number of piperidine rings is 3. The lowest BCUT2D eigenvalue weighted by atomic mass is 9.84. The van der Waals surface area contributed by atoms with E-state index in [4.69, 9.17) is 4.42 Å². The second-order valence-corrected chi connectivity index (χ2v) is 6.80. The third kappa shape index (κ3) is 2.67. The number of rotatable bonds is 3. The molecule has 0 aromatic carbocycles. The van der Waals surface area contributed by atoms with Gasteiger partial charge in [0.25, 0.3) is 5.91 Å². The van der Waals surface area contributed by atoms with Gasteiger partial charge in [0, 0.05) is 50.4 Å². The first-order chi connectivity index (χ1) is 11.1. The maximum Gasteiger partial charge on any atom is 0.270 e. The molecule has 1 amide bonds. The summed E-state index contributed by atoms with van der Waals surface area (Å²) in [6, 6.07) is 3.91. The van der Waals surface area contributed by atoms with Gasteiger partial charge in [-0.05, 0) is 31.8 Å². The number of hydrogen-bond acceptors (Lipinski definition) is 5. The highest BCUT2D eigenvalue weighted by Crippen LogP contribution is 2.28. The lowest BCUT2D eigenvalue weighted by molar-refractivity contribution is 0.0618. The number of amides is 1. The molecule has 0 radical (unpaired) electrons. The fraction of sp³-hybridized carbons (Fsp3) is 0.529. The highest BCUT2D eigenvalue weighted by atomic mass is 16.4. The van der Waals surface area contributed by atoms with Crippen LogP contribution in [-0.2, 0) is 0 Å². The van der Waals surface area contributed by atoms with Crippen LogP contribution in [0.25, 0.3) is 11.0 Å². The maximum atomic E-state index is 12.5. The second-order valence-electron chi connectivity index (χ2n) is 6.80. The number of nitrogens with zero attached hydrogens (tertiary/aromatic N) is 3. The molecule has 1 N–H and O–H groups in total. The van der Waals surface area contributed by atoms with Gasteiger partial charge in [-0.2, -0.15) is 0 Å². The zero-order valence-corrected chi connectivity index (χ0v) is 13.6. The molecule has 3 aliphatic rings. The van der Waals surface area contributed by atoms with Gasteiger partial charge in [0.2, 0.25) is 0 Å². The van der Waals surface area contributed by atoms with Crippen molar-refractivity contribution < 1.29 is 9.21 Å². The minimum atomic E-state index is -0.103. The first-order valence-electron chi connectivity index (χ1n) is 8.20. The molecular formula is C17H22N4O2. The van der Waals surface area contributed by atoms with Crippen molar-refractivity contribution in [1.29, 1.82) is 0 Å². The van der Waals surface area contributed by atoms with Gasteiger partial charge in [-0.3, -0.25) is 9.78 Å². The molecule has 3 saturated heterocycles. The molecule has 1 atom stereocenters. The summed E-state index contributed by atoms with van der Waals surface area (Å²) in [5.41, 5.74) is 1.12. The quantitative estimate of drug-likeness (QED) is 0.934. The van der Waals surface area contributed by atoms with Crippen LogP contribution in [0, 0.1) is 5.92 Å². The summed E-state index contributed by atoms with van der Waals surface area (Å²) >= 11 is 0. The fourth-order valence-electron chi connectivity index (χ4n) is 3.63. The average molecular weight is 314 g/mol. The molecule has 2 bridgehead atoms. The normalized spacial score (nSPS) is 26.4. The lowest BCUT2D eigenvalue weighted by Crippen LogP contribution is -2.57. The number of carbonyl (C=O) groups excluding carboxylic acids is 1. The van der Waals surface area contributed by atoms with Crippen LogP contribution in [0.2, 0.25) is 0 Å². The first kappa shape index (κ1) is 14.5. The number of aromatic nitrogens is 1. The molecule has 122 valence electrons. The van der Waals surface area contributed by atoms with E-state index in [2.05, 4.69) is 15.2 Å². The standard InChI is InChI=1S/C17H22N4O2/c1-20(2)16-7-12-9-18-13(8-15(12)23-16)17(22)19-14-10-21-5-3-11(14)4-6-21/h7-9,11,14H,3-6,10H2,1-2H3,(H,19,22)/t14-/m0/s1. The fourth-order valence-corrected chi connectivity index (χ4v) is 3.63. The highest BCUT2D eigenvalue weighted by Gasteiger charge is 2.35. The van der Waals surface area contributed by atoms with Crippen molar-refractivity contribution in [3.8, 4) is 0 Å². The smallest absolute Gasteiger partial charge is 0.270 e. The second kappa shape index (κ2) is 5.53. The van der Waals surface area contributed by atoms with Gasteiger partial charge in [-0.1, -0.05) is 0 Å². The van der Waals surface area contributed by atoms with E-state index >= 15 is 0 Å². The summed E-state index contributed by atoms with van der Waals surface area (Å²) in [5, 5.41) is 4.08. The Balaban J connectivity index is 1.52. The molecular weight excluding hydrogens is 292 g/mol. The molecule has 0 spiro atoms. The Bertz CT molecular complexity index is 731. The van der Waals surface area contributed by atoms with Crippen LogP contribution < -0.4 is 10.2 Å². The Hall–Kier alpha value is -2.08. The predicted octanol–water partition coefficient (Wildman–Crippen LogP) is 1.72. The van der Waals surface area contributed by atoms with Gasteiger partial charge in [0.15, 0.2) is 5.88 Å². The van der Waals surface area contributed by atoms with E-state index in [0.717, 1.165) is 17.8 Å². The molecule has 0 aliphatic carbocycles. The van der Waals surface area contributed by atoms with Gasteiger partial charge < -0.3 is 19.5 Å². The molecule has 3 fully saturated rings. The highest BCUT2D eigenvalue weighted by molar-refractivity contribution is 5.95. The lowest BCUT2D eigenvalue weighted by Gasteiger charge is -2.44. The van der Waals surface area contributed by atoms with Crippen molar-refractivity contribution in [1.82, 2.24) is 15.2 Å². The number of anilines is 1. The van der Waals surface area contributed by atoms with E-state index in [1.165, 1.54) is 25.9 Å². The summed E-state index contributed by atoms with van der Waals surface area (Å²) in [5.74, 6) is 1.27. The van der Waals surface area contributed by atoms with Gasteiger partial charge in [-0.25, -0.2) is 0 Å². The van der Waals surface area contributed by atoms with Crippen LogP contribution in [0.5, 0.6) is 0 Å². The van der Waals surface area contributed by atoms with Gasteiger partial charge in [0.05, 0.1) is 0 Å². The van der Waals surface area contributed by atoms with Crippen LogP contribution in [-0.4, -0.2) is 55.6 Å². The average Bonchev–Trinajstić information content (AvgIpc) is 2.99. The van der Waals surface area contributed by atoms with Crippen LogP contribution in [0.4, 0.5) is 5.88 Å². The Labute approximate surface area is 135 Å². The number of pyridine rings is 1. The third-order valence-corrected chi connectivity index (χ3v) is 5.03. The van der Waals surface area contributed by atoms with Gasteiger partial charge in [-0.15, -0.1) is 0 Å². The van der Waals surface area contributed by atoms with Crippen LogP contribution in [0.15, 0.2) is 22.7 Å². The Kier molecular flexibility index (Phi) is 3.49. The van der Waals surface area contributed by atoms with Crippen molar-refractivity contribution in [3.05, 3.63) is 24.0 Å². The first-order valence-corrected chi connectivity index (χ1v) is 8.20. The summed E-state index contributed by atoms with van der Waals surface area (Å²) in [6.07, 6.45) is 4.07. The van der Waals surface area contributed by atoms with E-state index in [9.17, 15) is 4.79 Å². The summed E-state index contributed by atoms with van der Waals surface area (Å²) in [6.45, 7) is 3.30. The van der Waals surface area contributed by atoms with Crippen LogP contribution in [0.1, 0.15) is 23.3 Å². The largest absolute Gasteiger partial charge is 0.440 e. The maximum absolute atomic E-state index is 12.5. The Morgan fingerprint density at radius 1 is 1.35 bits per heavy atom. The predicted molar refractivity (Wildman–Crippen MR) is 88.8 cm³/mol. The monoisotopic (exact) mass is 314 g/mol. The van der Waals surface area contributed by atoms with Gasteiger partial charge >= 0.3 is 0 Å². The van der Waals surface area contributed by atoms with Crippen molar-refractivity contribution in [2.24, 2.45) is 5.92 Å². The van der Waals surface area contributed by atoms with E-state index < -0.39 is 0 Å². The van der Waals surface area contributed by atoms with Crippen molar-refractivity contribution in [3.63, 3.8) is 0 Å². The molecule has 23 heavy (non-hydrogen) atoms. The number of fused-ring (bicyclic) bond motifs is 4. The Morgan fingerprint density at radius 2 is 2.13 bits per heavy atom. The van der Waals surface area contributed by atoms with Crippen LogP contribution in [0.3, 0.4) is 0 Å². The SMILES string of the molecule is CN(C)c1cc2cnc(C(=O)N[C@H]3CN4CCC3CC4)cc2o1. The Morgan fingerprint density at radius 3 is 2.78 bits per heavy atom. The number of nitrogens with one attached hydrogen (secondary N) is 1. The summed E-state index contributed by atoms with van der Waals surface area (Å²) in [4.78, 5) is 21.2. The zero-order valence-electron chi connectivity index (χ0n) is 13.6. The van der Waals surface area contributed by atoms with Crippen LogP contribution >= 0.6 is 0 Å². The minimum Gasteiger partial charge on any atom is -0.440 e. The molecule has 5 heterocycles.